The molecule has 7 nitrogen and oxygen atoms in total. The van der Waals surface area contributed by atoms with Crippen LogP contribution in [0.25, 0.3) is 0 Å². The number of esters is 1. The van der Waals surface area contributed by atoms with E-state index in [1.807, 2.05) is 24.3 Å². The van der Waals surface area contributed by atoms with Gasteiger partial charge in [-0.1, -0.05) is 36.7 Å². The summed E-state index contributed by atoms with van der Waals surface area (Å²) < 4.78 is 38.5. The Labute approximate surface area is 186 Å². The summed E-state index contributed by atoms with van der Waals surface area (Å²) in [6.45, 7) is 4.84. The van der Waals surface area contributed by atoms with Crippen molar-refractivity contribution in [3.05, 3.63) is 56.7 Å². The average molecular weight is 475 g/mol. The number of ether oxygens (including phenoxy) is 1. The fourth-order valence-corrected chi connectivity index (χ4v) is 4.71. The summed E-state index contributed by atoms with van der Waals surface area (Å²) in [4.78, 5) is 15.8. The monoisotopic (exact) mass is 474 g/mol. The molecular formula is C20H25ClNO6S2-. The molecule has 2 atom stereocenters. The summed E-state index contributed by atoms with van der Waals surface area (Å²) in [7, 11) is -3.06. The molecule has 0 N–H and O–H groups in total. The van der Waals surface area contributed by atoms with Crippen molar-refractivity contribution in [3.63, 3.8) is 0 Å². The van der Waals surface area contributed by atoms with Gasteiger partial charge in [0.15, 0.2) is 0 Å². The summed E-state index contributed by atoms with van der Waals surface area (Å²) in [6.07, 6.45) is 0.972. The molecule has 1 aromatic heterocycles. The fraction of sp³-hybridized carbons (Fsp3) is 0.450. The van der Waals surface area contributed by atoms with Gasteiger partial charge in [-0.2, -0.15) is 0 Å². The molecule has 0 saturated heterocycles. The van der Waals surface area contributed by atoms with Crippen LogP contribution >= 0.6 is 22.9 Å². The molecule has 2 aromatic rings. The Kier molecular flexibility index (Phi) is 9.27. The number of carbonyl (C=O) groups excluding carboxylic acids is 1. The highest BCUT2D eigenvalue weighted by Crippen LogP contribution is 2.33. The Hall–Kier alpha value is -1.49. The summed E-state index contributed by atoms with van der Waals surface area (Å²) in [5, 5.41) is 2.71. The van der Waals surface area contributed by atoms with Crippen molar-refractivity contribution in [2.75, 3.05) is 13.7 Å². The zero-order valence-corrected chi connectivity index (χ0v) is 19.4. The first-order chi connectivity index (χ1) is 14.2. The second kappa shape index (κ2) is 11.2. The minimum atomic E-state index is -4.49. The number of thiophene rings is 1. The van der Waals surface area contributed by atoms with E-state index in [1.165, 1.54) is 24.5 Å². The van der Waals surface area contributed by atoms with Gasteiger partial charge in [0.2, 0.25) is 10.4 Å². The number of hydrogen-bond donors (Lipinski definition) is 0. The van der Waals surface area contributed by atoms with Gasteiger partial charge in [-0.15, -0.1) is 11.3 Å². The lowest BCUT2D eigenvalue weighted by atomic mass is 10.0. The Balaban J connectivity index is 0.000000303. The van der Waals surface area contributed by atoms with Gasteiger partial charge in [-0.3, -0.25) is 9.08 Å². The van der Waals surface area contributed by atoms with Gasteiger partial charge < -0.3 is 9.29 Å². The summed E-state index contributed by atoms with van der Waals surface area (Å²) in [6, 6.07) is 9.16. The molecule has 0 saturated carbocycles. The highest BCUT2D eigenvalue weighted by atomic mass is 35.5. The summed E-state index contributed by atoms with van der Waals surface area (Å²) in [5.41, 5.74) is 2.11. The highest BCUT2D eigenvalue weighted by molar-refractivity contribution is 7.80. The van der Waals surface area contributed by atoms with Crippen molar-refractivity contribution >= 4 is 39.3 Å². The fourth-order valence-electron chi connectivity index (χ4n) is 3.04. The molecule has 166 valence electrons. The molecule has 2 heterocycles. The zero-order valence-electron chi connectivity index (χ0n) is 17.0. The number of fused-ring (bicyclic) bond motifs is 1. The largest absolute Gasteiger partial charge is 0.726 e. The molecule has 0 amide bonds. The predicted octanol–water partition coefficient (Wildman–Crippen LogP) is 3.94. The van der Waals surface area contributed by atoms with Crippen molar-refractivity contribution in [1.29, 1.82) is 0 Å². The molecule has 0 bridgehead atoms. The van der Waals surface area contributed by atoms with Gasteiger partial charge >= 0.3 is 5.97 Å². The lowest BCUT2D eigenvalue weighted by Gasteiger charge is -2.33. The molecule has 0 spiro atoms. The van der Waals surface area contributed by atoms with Crippen LogP contribution in [0.15, 0.2) is 35.7 Å². The quantitative estimate of drug-likeness (QED) is 0.355. The second-order valence-electron chi connectivity index (χ2n) is 6.76. The van der Waals surface area contributed by atoms with Crippen molar-refractivity contribution < 1.29 is 26.7 Å². The number of methoxy groups -OCH3 is 1. The smallest absolute Gasteiger partial charge is 0.327 e. The van der Waals surface area contributed by atoms with Crippen LogP contribution in [0, 0.1) is 0 Å². The van der Waals surface area contributed by atoms with Gasteiger partial charge in [0.05, 0.1) is 13.2 Å². The van der Waals surface area contributed by atoms with E-state index in [4.69, 9.17) is 16.3 Å². The minimum Gasteiger partial charge on any atom is -0.726 e. The lowest BCUT2D eigenvalue weighted by Crippen LogP contribution is -2.38. The van der Waals surface area contributed by atoms with Crippen molar-refractivity contribution in [1.82, 2.24) is 4.90 Å². The maximum absolute atomic E-state index is 12.3. The number of hydrogen-bond acceptors (Lipinski definition) is 8. The van der Waals surface area contributed by atoms with Crippen LogP contribution in [0.3, 0.4) is 0 Å². The molecule has 0 radical (unpaired) electrons. The number of rotatable bonds is 6. The SMILES string of the molecule is CCC(C)OS(=O)(=O)[O-].COC(=O)[C@H](c1ccccc1Cl)N1CCc2sccc2C1. The number of benzene rings is 1. The molecule has 30 heavy (non-hydrogen) atoms. The molecule has 0 aliphatic carbocycles. The van der Waals surface area contributed by atoms with Gasteiger partial charge in [0.1, 0.15) is 6.04 Å². The second-order valence-corrected chi connectivity index (χ2v) is 9.18. The zero-order chi connectivity index (χ0) is 22.3. The predicted molar refractivity (Wildman–Crippen MR) is 115 cm³/mol. The molecule has 1 aliphatic heterocycles. The summed E-state index contributed by atoms with van der Waals surface area (Å²) >= 11 is 8.07. The topological polar surface area (TPSA) is 96.0 Å². The van der Waals surface area contributed by atoms with E-state index in [0.29, 0.717) is 11.4 Å². The molecular weight excluding hydrogens is 450 g/mol. The van der Waals surface area contributed by atoms with Crippen LogP contribution in [0.1, 0.15) is 42.3 Å². The van der Waals surface area contributed by atoms with Crippen molar-refractivity contribution in [2.24, 2.45) is 0 Å². The van der Waals surface area contributed by atoms with Crippen LogP contribution in [-0.4, -0.2) is 43.6 Å². The van der Waals surface area contributed by atoms with Crippen molar-refractivity contribution in [2.45, 2.75) is 45.4 Å². The van der Waals surface area contributed by atoms with Crippen LogP contribution in [-0.2, 0) is 37.1 Å². The minimum absolute atomic E-state index is 0.262. The third kappa shape index (κ3) is 7.04. The number of nitrogens with zero attached hydrogens (tertiary/aromatic N) is 1. The third-order valence-corrected chi connectivity index (χ3v) is 6.62. The standard InChI is InChI=1S/C16H16ClNO2S.C4H10O4S/c1-20-16(19)15(12-4-2-3-5-13(12)17)18-8-6-14-11(10-18)7-9-21-14;1-3-4(2)8-9(5,6)7/h2-5,7,9,15H,6,8,10H2,1H3;4H,3H2,1-2H3,(H,5,6,7)/p-1/t15-;/m0./s1. The van der Waals surface area contributed by atoms with E-state index in [9.17, 15) is 17.8 Å². The number of carbonyl (C=O) groups is 1. The molecule has 1 unspecified atom stereocenters. The Morgan fingerprint density at radius 1 is 1.33 bits per heavy atom. The lowest BCUT2D eigenvalue weighted by molar-refractivity contribution is -0.147. The molecule has 10 heteroatoms. The van der Waals surface area contributed by atoms with E-state index < -0.39 is 22.5 Å². The maximum atomic E-state index is 12.3. The van der Waals surface area contributed by atoms with Crippen LogP contribution in [0.2, 0.25) is 5.02 Å². The first-order valence-corrected chi connectivity index (χ1v) is 12.0. The van der Waals surface area contributed by atoms with E-state index in [0.717, 1.165) is 25.1 Å². The first kappa shape index (κ1) is 24.8. The molecule has 0 fully saturated rings. The Bertz CT molecular complexity index is 946. The average Bonchev–Trinajstić information content (AvgIpc) is 3.16. The van der Waals surface area contributed by atoms with E-state index in [1.54, 1.807) is 18.3 Å². The Morgan fingerprint density at radius 3 is 2.60 bits per heavy atom. The van der Waals surface area contributed by atoms with Gasteiger partial charge in [-0.05, 0) is 48.4 Å². The third-order valence-electron chi connectivity index (χ3n) is 4.68. The molecule has 1 aliphatic rings. The maximum Gasteiger partial charge on any atom is 0.327 e. The van der Waals surface area contributed by atoms with E-state index >= 15 is 0 Å². The highest BCUT2D eigenvalue weighted by Gasteiger charge is 2.32. The van der Waals surface area contributed by atoms with E-state index in [2.05, 4.69) is 20.5 Å². The van der Waals surface area contributed by atoms with Gasteiger partial charge in [0.25, 0.3) is 0 Å². The van der Waals surface area contributed by atoms with Crippen LogP contribution < -0.4 is 0 Å². The van der Waals surface area contributed by atoms with Gasteiger partial charge in [0, 0.05) is 23.0 Å². The number of halogens is 1. The molecule has 1 aromatic carbocycles. The molecule has 3 rings (SSSR count). The first-order valence-electron chi connectivity index (χ1n) is 9.41. The van der Waals surface area contributed by atoms with Crippen LogP contribution in [0.4, 0.5) is 0 Å². The summed E-state index contributed by atoms with van der Waals surface area (Å²) in [5.74, 6) is -0.262. The Morgan fingerprint density at radius 2 is 2.03 bits per heavy atom. The van der Waals surface area contributed by atoms with Gasteiger partial charge in [-0.25, -0.2) is 13.2 Å². The van der Waals surface area contributed by atoms with Crippen LogP contribution in [0.5, 0.6) is 0 Å². The van der Waals surface area contributed by atoms with E-state index in [-0.39, 0.29) is 5.97 Å². The van der Waals surface area contributed by atoms with Crippen molar-refractivity contribution in [3.8, 4) is 0 Å². The normalized spacial score (nSPS) is 16.0.